The standard InChI is InChI=1S/C21H21N3O2/c1-14-12-17-10-6-7-11-19(17)24(14)20(25)13-18(16-8-4-3-5-9-16)21-23-22-15(2)26-21/h3-11,14,18H,12-13H2,1-2H3. The summed E-state index contributed by atoms with van der Waals surface area (Å²) in [4.78, 5) is 15.1. The number of carbonyl (C=O) groups excluding carboxylic acids is 1. The lowest BCUT2D eigenvalue weighted by Crippen LogP contribution is -2.36. The number of amides is 1. The molecule has 0 radical (unpaired) electrons. The molecule has 0 fully saturated rings. The molecular weight excluding hydrogens is 326 g/mol. The van der Waals surface area contributed by atoms with E-state index in [0.29, 0.717) is 18.2 Å². The van der Waals surface area contributed by atoms with Crippen LogP contribution < -0.4 is 4.90 Å². The maximum absolute atomic E-state index is 13.2. The molecule has 5 heteroatoms. The molecule has 26 heavy (non-hydrogen) atoms. The molecule has 1 aliphatic rings. The lowest BCUT2D eigenvalue weighted by Gasteiger charge is -2.24. The predicted molar refractivity (Wildman–Crippen MR) is 99.0 cm³/mol. The Kier molecular flexibility index (Phi) is 4.29. The van der Waals surface area contributed by atoms with Gasteiger partial charge in [0.15, 0.2) is 0 Å². The Morgan fingerprint density at radius 3 is 2.62 bits per heavy atom. The number of carbonyl (C=O) groups is 1. The second kappa shape index (κ2) is 6.75. The molecule has 1 aromatic heterocycles. The van der Waals surface area contributed by atoms with Crippen LogP contribution in [0.2, 0.25) is 0 Å². The third kappa shape index (κ3) is 3.01. The first kappa shape index (κ1) is 16.5. The molecule has 0 aliphatic carbocycles. The summed E-state index contributed by atoms with van der Waals surface area (Å²) in [6.07, 6.45) is 1.18. The molecule has 4 rings (SSSR count). The second-order valence-corrected chi connectivity index (χ2v) is 6.77. The van der Waals surface area contributed by atoms with Crippen LogP contribution in [0.1, 0.15) is 42.2 Å². The number of hydrogen-bond donors (Lipinski definition) is 0. The SMILES string of the molecule is Cc1nnc(C(CC(=O)N2c3ccccc3CC2C)c2ccccc2)o1. The van der Waals surface area contributed by atoms with Crippen molar-refractivity contribution < 1.29 is 9.21 Å². The summed E-state index contributed by atoms with van der Waals surface area (Å²) in [5, 5.41) is 8.13. The van der Waals surface area contributed by atoms with Crippen molar-refractivity contribution in [3.8, 4) is 0 Å². The van der Waals surface area contributed by atoms with Crippen LogP contribution in [0.15, 0.2) is 59.0 Å². The quantitative estimate of drug-likeness (QED) is 0.719. The van der Waals surface area contributed by atoms with Crippen LogP contribution >= 0.6 is 0 Å². The predicted octanol–water partition coefficient (Wildman–Crippen LogP) is 3.88. The number of hydrogen-bond acceptors (Lipinski definition) is 4. The third-order valence-corrected chi connectivity index (χ3v) is 4.90. The van der Waals surface area contributed by atoms with Gasteiger partial charge in [0.25, 0.3) is 0 Å². The van der Waals surface area contributed by atoms with E-state index in [9.17, 15) is 4.79 Å². The topological polar surface area (TPSA) is 59.2 Å². The zero-order valence-electron chi connectivity index (χ0n) is 14.9. The number of anilines is 1. The summed E-state index contributed by atoms with van der Waals surface area (Å²) in [6.45, 7) is 3.85. The van der Waals surface area contributed by atoms with Crippen LogP contribution in [0.25, 0.3) is 0 Å². The molecular formula is C21H21N3O2. The zero-order chi connectivity index (χ0) is 18.1. The maximum Gasteiger partial charge on any atom is 0.228 e. The summed E-state index contributed by atoms with van der Waals surface area (Å²) < 4.78 is 5.67. The summed E-state index contributed by atoms with van der Waals surface area (Å²) in [5.74, 6) is 0.826. The summed E-state index contributed by atoms with van der Waals surface area (Å²) in [7, 11) is 0. The largest absolute Gasteiger partial charge is 0.425 e. The van der Waals surface area contributed by atoms with Crippen LogP contribution in [-0.2, 0) is 11.2 Å². The normalized spacial score (nSPS) is 17.2. The highest BCUT2D eigenvalue weighted by Gasteiger charge is 2.33. The molecule has 3 aromatic rings. The van der Waals surface area contributed by atoms with Gasteiger partial charge in [-0.1, -0.05) is 48.5 Å². The van der Waals surface area contributed by atoms with Crippen molar-refractivity contribution in [2.45, 2.75) is 38.6 Å². The second-order valence-electron chi connectivity index (χ2n) is 6.77. The van der Waals surface area contributed by atoms with E-state index < -0.39 is 0 Å². The molecule has 2 heterocycles. The van der Waals surface area contributed by atoms with Crippen molar-refractivity contribution in [1.29, 1.82) is 0 Å². The highest BCUT2D eigenvalue weighted by molar-refractivity contribution is 5.96. The number of fused-ring (bicyclic) bond motifs is 1. The van der Waals surface area contributed by atoms with Crippen LogP contribution in [0.5, 0.6) is 0 Å². The van der Waals surface area contributed by atoms with Gasteiger partial charge in [0.05, 0.1) is 5.92 Å². The van der Waals surface area contributed by atoms with Crippen molar-refractivity contribution >= 4 is 11.6 Å². The van der Waals surface area contributed by atoms with Gasteiger partial charge in [-0.2, -0.15) is 0 Å². The fraction of sp³-hybridized carbons (Fsp3) is 0.286. The summed E-state index contributed by atoms with van der Waals surface area (Å²) in [5.41, 5.74) is 3.24. The first-order chi connectivity index (χ1) is 12.6. The Hall–Kier alpha value is -2.95. The zero-order valence-corrected chi connectivity index (χ0v) is 14.9. The van der Waals surface area contributed by atoms with Gasteiger partial charge >= 0.3 is 0 Å². The molecule has 0 saturated heterocycles. The number of benzene rings is 2. The Balaban J connectivity index is 1.65. The molecule has 0 saturated carbocycles. The molecule has 2 aromatic carbocycles. The lowest BCUT2D eigenvalue weighted by atomic mass is 9.95. The van der Waals surface area contributed by atoms with Gasteiger partial charge in [-0.05, 0) is 30.5 Å². The van der Waals surface area contributed by atoms with E-state index in [1.54, 1.807) is 6.92 Å². The number of para-hydroxylation sites is 1. The van der Waals surface area contributed by atoms with Crippen molar-refractivity contribution in [3.05, 3.63) is 77.5 Å². The van der Waals surface area contributed by atoms with E-state index in [1.807, 2.05) is 53.4 Å². The maximum atomic E-state index is 13.2. The van der Waals surface area contributed by atoms with Crippen LogP contribution in [0, 0.1) is 6.92 Å². The van der Waals surface area contributed by atoms with Crippen molar-refractivity contribution in [2.24, 2.45) is 0 Å². The van der Waals surface area contributed by atoms with E-state index in [-0.39, 0.29) is 17.9 Å². The van der Waals surface area contributed by atoms with Crippen LogP contribution in [0.3, 0.4) is 0 Å². The van der Waals surface area contributed by atoms with Gasteiger partial charge in [-0.15, -0.1) is 10.2 Å². The van der Waals surface area contributed by atoms with Gasteiger partial charge in [0.1, 0.15) is 0 Å². The highest BCUT2D eigenvalue weighted by atomic mass is 16.4. The molecule has 0 N–H and O–H groups in total. The Bertz CT molecular complexity index is 920. The van der Waals surface area contributed by atoms with Crippen LogP contribution in [-0.4, -0.2) is 22.1 Å². The van der Waals surface area contributed by atoms with E-state index >= 15 is 0 Å². The summed E-state index contributed by atoms with van der Waals surface area (Å²) >= 11 is 0. The van der Waals surface area contributed by atoms with Crippen molar-refractivity contribution in [2.75, 3.05) is 4.90 Å². The first-order valence-electron chi connectivity index (χ1n) is 8.88. The number of aryl methyl sites for hydroxylation is 1. The number of nitrogens with zero attached hydrogens (tertiary/aromatic N) is 3. The van der Waals surface area contributed by atoms with Crippen LogP contribution in [0.4, 0.5) is 5.69 Å². The van der Waals surface area contributed by atoms with Gasteiger partial charge in [0, 0.05) is 25.1 Å². The molecule has 2 unspecified atom stereocenters. The molecule has 5 nitrogen and oxygen atoms in total. The first-order valence-corrected chi connectivity index (χ1v) is 8.88. The lowest BCUT2D eigenvalue weighted by molar-refractivity contribution is -0.119. The molecule has 1 aliphatic heterocycles. The molecule has 0 spiro atoms. The van der Waals surface area contributed by atoms with E-state index in [0.717, 1.165) is 17.7 Å². The number of rotatable bonds is 4. The molecule has 132 valence electrons. The average Bonchev–Trinajstić information content (AvgIpc) is 3.22. The van der Waals surface area contributed by atoms with E-state index in [2.05, 4.69) is 23.2 Å². The smallest absolute Gasteiger partial charge is 0.228 e. The van der Waals surface area contributed by atoms with Crippen molar-refractivity contribution in [3.63, 3.8) is 0 Å². The molecule has 0 bridgehead atoms. The summed E-state index contributed by atoms with van der Waals surface area (Å²) in [6, 6.07) is 18.1. The minimum absolute atomic E-state index is 0.0761. The monoisotopic (exact) mass is 347 g/mol. The Labute approximate surface area is 152 Å². The van der Waals surface area contributed by atoms with Gasteiger partial charge in [-0.25, -0.2) is 0 Å². The van der Waals surface area contributed by atoms with Gasteiger partial charge in [0.2, 0.25) is 17.7 Å². The van der Waals surface area contributed by atoms with Crippen molar-refractivity contribution in [1.82, 2.24) is 10.2 Å². The van der Waals surface area contributed by atoms with E-state index in [1.165, 1.54) is 5.56 Å². The highest BCUT2D eigenvalue weighted by Crippen LogP contribution is 2.35. The molecule has 2 atom stereocenters. The van der Waals surface area contributed by atoms with Gasteiger partial charge in [-0.3, -0.25) is 4.79 Å². The minimum Gasteiger partial charge on any atom is -0.425 e. The average molecular weight is 347 g/mol. The third-order valence-electron chi connectivity index (χ3n) is 4.90. The fourth-order valence-corrected chi connectivity index (χ4v) is 3.70. The van der Waals surface area contributed by atoms with Gasteiger partial charge < -0.3 is 9.32 Å². The molecule has 1 amide bonds. The van der Waals surface area contributed by atoms with E-state index in [4.69, 9.17) is 4.42 Å². The Morgan fingerprint density at radius 2 is 1.88 bits per heavy atom. The Morgan fingerprint density at radius 1 is 1.15 bits per heavy atom. The number of aromatic nitrogens is 2. The minimum atomic E-state index is -0.245. The fourth-order valence-electron chi connectivity index (χ4n) is 3.70.